The summed E-state index contributed by atoms with van der Waals surface area (Å²) in [5.41, 5.74) is -2.73. The van der Waals surface area contributed by atoms with Crippen molar-refractivity contribution in [3.63, 3.8) is 0 Å². The van der Waals surface area contributed by atoms with Gasteiger partial charge in [0.15, 0.2) is 15.7 Å². The third-order valence-corrected chi connectivity index (χ3v) is 17.6. The van der Waals surface area contributed by atoms with Crippen LogP contribution in [0.1, 0.15) is 75.4 Å². The predicted molar refractivity (Wildman–Crippen MR) is 235 cm³/mol. The Balaban J connectivity index is 1.25. The van der Waals surface area contributed by atoms with Crippen molar-refractivity contribution in [3.8, 4) is 11.1 Å². The van der Waals surface area contributed by atoms with E-state index in [-0.39, 0.29) is 80.8 Å². The number of carbonyl (C=O) groups excluding carboxylic acids is 1. The van der Waals surface area contributed by atoms with E-state index >= 15 is 8.78 Å². The van der Waals surface area contributed by atoms with Gasteiger partial charge in [0.05, 0.1) is 55.7 Å². The Morgan fingerprint density at radius 3 is 2.28 bits per heavy atom. The number of hydrogen-bond acceptors (Lipinski definition) is 9. The first-order chi connectivity index (χ1) is 31.4. The number of aromatic nitrogens is 3. The molecule has 3 atom stereocenters. The van der Waals surface area contributed by atoms with Crippen molar-refractivity contribution in [2.45, 2.75) is 107 Å². The fourth-order valence-corrected chi connectivity index (χ4v) is 12.7. The molecule has 0 bridgehead atoms. The summed E-state index contributed by atoms with van der Waals surface area (Å²) in [6.45, 7) is 1.14. The average Bonchev–Trinajstić information content (AvgIpc) is 4.11. The monoisotopic (exact) mass is 1000 g/mol. The van der Waals surface area contributed by atoms with Gasteiger partial charge in [-0.2, -0.15) is 13.9 Å². The van der Waals surface area contributed by atoms with Crippen LogP contribution in [0.4, 0.5) is 40.9 Å². The Hall–Kier alpha value is -4.83. The van der Waals surface area contributed by atoms with E-state index in [0.29, 0.717) is 31.7 Å². The van der Waals surface area contributed by atoms with Crippen LogP contribution in [0.2, 0.25) is 5.02 Å². The molecule has 0 saturated heterocycles. The molecule has 0 spiro atoms. The van der Waals surface area contributed by atoms with Gasteiger partial charge in [0.25, 0.3) is 18.8 Å². The Labute approximate surface area is 385 Å². The van der Waals surface area contributed by atoms with Crippen molar-refractivity contribution in [3.05, 3.63) is 87.3 Å². The second-order valence-corrected chi connectivity index (χ2v) is 23.4. The van der Waals surface area contributed by atoms with Crippen molar-refractivity contribution in [2.75, 3.05) is 17.0 Å². The quantitative estimate of drug-likeness (QED) is 0.0475. The lowest BCUT2D eigenvalue weighted by Gasteiger charge is -2.26. The summed E-state index contributed by atoms with van der Waals surface area (Å²) in [5.74, 6) is -9.79. The summed E-state index contributed by atoms with van der Waals surface area (Å²) in [4.78, 5) is 18.8. The molecule has 0 unspecified atom stereocenters. The zero-order valence-corrected chi connectivity index (χ0v) is 38.4. The van der Waals surface area contributed by atoms with Crippen molar-refractivity contribution in [2.24, 2.45) is 17.8 Å². The van der Waals surface area contributed by atoms with Gasteiger partial charge >= 0.3 is 0 Å². The number of nitrogens with one attached hydrogen (secondary N) is 4. The minimum atomic E-state index is -4.06. The maximum Gasteiger partial charge on any atom is 0.290 e. The summed E-state index contributed by atoms with van der Waals surface area (Å²) >= 11 is 6.68. The van der Waals surface area contributed by atoms with Gasteiger partial charge in [-0.25, -0.2) is 43.2 Å². The number of rotatable bonds is 21. The second-order valence-electron chi connectivity index (χ2n) is 18.3. The van der Waals surface area contributed by atoms with Gasteiger partial charge in [0.2, 0.25) is 15.9 Å². The van der Waals surface area contributed by atoms with Gasteiger partial charge in [-0.15, -0.1) is 0 Å². The number of benzene rings is 2. The molecule has 67 heavy (non-hydrogen) atoms. The number of hydrogen-bond donors (Lipinski definition) is 4. The number of sulfonamides is 1. The van der Waals surface area contributed by atoms with Crippen LogP contribution in [0.15, 0.2) is 53.7 Å². The maximum atomic E-state index is 15.4. The number of aryl methyl sites for hydroxylation is 1. The summed E-state index contributed by atoms with van der Waals surface area (Å²) in [7, 11) is -7.64. The molecule has 12 nitrogen and oxygen atoms in total. The van der Waals surface area contributed by atoms with Crippen LogP contribution in [-0.2, 0) is 44.0 Å². The zero-order valence-electron chi connectivity index (χ0n) is 36.0. The predicted octanol–water partition coefficient (Wildman–Crippen LogP) is 8.55. The number of anilines is 1. The van der Waals surface area contributed by atoms with Gasteiger partial charge in [0, 0.05) is 34.4 Å². The van der Waals surface area contributed by atoms with Crippen molar-refractivity contribution < 1.29 is 56.8 Å². The standard InChI is InChI=1S/C44H46ClF8N7O5S2/c1-43(2,67(64,65)26-6-7-26)12-11-25-5-8-27(28-9-10-31(45)36-39(28)60(19-33(48)49)58-42(36)59-66(62,63)20-21-3-4-21)38(56-25)32(15-22-13-23(46)16-24(47)14-22)57-34(61)18-55-40-35(37(54)41(50)51)29-17-30(29)44(40,52)53/h5,8-10,13-14,16,21,26,29-30,32-33,41,54-55H,3-4,6-7,11-12,15,17-20H2,1-2H3,(H,57,61)(H,58,59)/t29-,30+,32-/m0/s1. The maximum absolute atomic E-state index is 15.4. The van der Waals surface area contributed by atoms with Crippen LogP contribution < -0.4 is 15.4 Å². The molecule has 8 rings (SSSR count). The molecule has 23 heteroatoms. The highest BCUT2D eigenvalue weighted by atomic mass is 35.5. The van der Waals surface area contributed by atoms with Crippen LogP contribution in [0.5, 0.6) is 0 Å². The molecule has 1 amide bonds. The van der Waals surface area contributed by atoms with E-state index in [1.807, 2.05) is 0 Å². The van der Waals surface area contributed by atoms with Gasteiger partial charge in [-0.1, -0.05) is 23.7 Å². The summed E-state index contributed by atoms with van der Waals surface area (Å²) in [6, 6.07) is 6.84. The Kier molecular flexibility index (Phi) is 13.0. The molecule has 4 aliphatic carbocycles. The largest absolute Gasteiger partial charge is 0.374 e. The third-order valence-electron chi connectivity index (χ3n) is 12.7. The molecule has 2 aromatic heterocycles. The lowest BCUT2D eigenvalue weighted by atomic mass is 9.93. The number of allylic oxidation sites excluding steroid dienone is 2. The number of nitrogens with zero attached hydrogens (tertiary/aromatic N) is 3. The van der Waals surface area contributed by atoms with E-state index in [4.69, 9.17) is 22.0 Å². The minimum Gasteiger partial charge on any atom is -0.374 e. The van der Waals surface area contributed by atoms with E-state index in [1.54, 1.807) is 13.8 Å². The Bertz CT molecular complexity index is 2890. The molecule has 0 aliphatic heterocycles. The SMILES string of the molecule is CC(C)(CCc1ccc(-c2ccc(Cl)c3c(NS(=O)(=O)CC4CC4)nn(CC(F)F)c23)c([C@H](Cc2cc(F)cc(F)c2)NC(=O)CNC2=C(C(=N)C(F)F)[C@H]3C[C@H]3C2(F)F)n1)S(=O)(=O)C1CC1. The van der Waals surface area contributed by atoms with E-state index in [9.17, 15) is 48.0 Å². The van der Waals surface area contributed by atoms with Crippen LogP contribution in [0.25, 0.3) is 22.0 Å². The van der Waals surface area contributed by atoms with Gasteiger partial charge in [-0.3, -0.25) is 24.6 Å². The molecule has 4 N–H and O–H groups in total. The van der Waals surface area contributed by atoms with E-state index < -0.39 is 121 Å². The molecule has 4 aromatic rings. The average molecular weight is 1000 g/mol. The first-order valence-electron chi connectivity index (χ1n) is 21.6. The summed E-state index contributed by atoms with van der Waals surface area (Å²) < 4.78 is 172. The first kappa shape index (κ1) is 48.6. The topological polar surface area (TPSA) is 176 Å². The highest BCUT2D eigenvalue weighted by Crippen LogP contribution is 2.62. The number of halogens is 9. The number of pyridine rings is 1. The minimum absolute atomic E-state index is 0.0275. The molecular formula is C44H46ClF8N7O5S2. The van der Waals surface area contributed by atoms with E-state index in [2.05, 4.69) is 20.5 Å². The van der Waals surface area contributed by atoms with E-state index in [1.165, 1.54) is 24.3 Å². The highest BCUT2D eigenvalue weighted by molar-refractivity contribution is 7.93. The normalized spacial score (nSPS) is 19.8. The zero-order chi connectivity index (χ0) is 48.5. The molecule has 4 aliphatic rings. The molecular weight excluding hydrogens is 958 g/mol. The van der Waals surface area contributed by atoms with Crippen molar-refractivity contribution >= 4 is 59.8 Å². The smallest absolute Gasteiger partial charge is 0.290 e. The lowest BCUT2D eigenvalue weighted by molar-refractivity contribution is -0.121. The van der Waals surface area contributed by atoms with Crippen LogP contribution in [0, 0.1) is 34.8 Å². The molecule has 0 radical (unpaired) electrons. The number of carbonyl (C=O) groups is 1. The Morgan fingerprint density at radius 2 is 1.66 bits per heavy atom. The third kappa shape index (κ3) is 10.2. The number of sulfone groups is 1. The summed E-state index contributed by atoms with van der Waals surface area (Å²) in [5, 5.41) is 16.3. The molecule has 2 aromatic carbocycles. The van der Waals surface area contributed by atoms with Gasteiger partial charge in [-0.05, 0) is 107 Å². The fraction of sp³-hybridized carbons (Fsp3) is 0.500. The number of fused-ring (bicyclic) bond motifs is 2. The van der Waals surface area contributed by atoms with Crippen LogP contribution in [0.3, 0.4) is 0 Å². The lowest BCUT2D eigenvalue weighted by Crippen LogP contribution is -2.41. The summed E-state index contributed by atoms with van der Waals surface area (Å²) in [6.07, 6.45) is -4.49. The van der Waals surface area contributed by atoms with Gasteiger partial charge in [0.1, 0.15) is 23.9 Å². The molecule has 2 heterocycles. The van der Waals surface area contributed by atoms with Crippen molar-refractivity contribution in [1.29, 1.82) is 5.41 Å². The first-order valence-corrected chi connectivity index (χ1v) is 25.1. The van der Waals surface area contributed by atoms with Crippen LogP contribution in [-0.4, -0.2) is 84.3 Å². The fourth-order valence-electron chi connectivity index (χ4n) is 8.89. The molecule has 3 saturated carbocycles. The van der Waals surface area contributed by atoms with Crippen LogP contribution >= 0.6 is 11.6 Å². The van der Waals surface area contributed by atoms with E-state index in [0.717, 1.165) is 16.8 Å². The van der Waals surface area contributed by atoms with Crippen molar-refractivity contribution in [1.82, 2.24) is 25.4 Å². The second kappa shape index (κ2) is 17.9. The highest BCUT2D eigenvalue weighted by Gasteiger charge is 2.66. The number of alkyl halides is 6. The van der Waals surface area contributed by atoms with Gasteiger partial charge < -0.3 is 10.6 Å². The number of amides is 1. The molecule has 362 valence electrons. The Morgan fingerprint density at radius 1 is 0.985 bits per heavy atom. The molecule has 3 fully saturated rings.